The van der Waals surface area contributed by atoms with Gasteiger partial charge in [-0.1, -0.05) is 12.1 Å². The van der Waals surface area contributed by atoms with Crippen molar-refractivity contribution in [1.29, 1.82) is 0 Å². The number of benzene rings is 2. The van der Waals surface area contributed by atoms with Crippen molar-refractivity contribution in [3.8, 4) is 11.5 Å². The van der Waals surface area contributed by atoms with Crippen molar-refractivity contribution in [3.05, 3.63) is 57.9 Å². The topological polar surface area (TPSA) is 59.5 Å². The van der Waals surface area contributed by atoms with Crippen molar-refractivity contribution in [2.24, 2.45) is 0 Å². The molecule has 0 aliphatic carbocycles. The Balaban J connectivity index is 1.61. The maximum atomic E-state index is 12.8. The maximum Gasteiger partial charge on any atom is 0.349 e. The van der Waals surface area contributed by atoms with Gasteiger partial charge in [-0.05, 0) is 55.5 Å². The third-order valence-electron chi connectivity index (χ3n) is 5.74. The van der Waals surface area contributed by atoms with E-state index in [-0.39, 0.29) is 0 Å². The van der Waals surface area contributed by atoms with Gasteiger partial charge in [0.25, 0.3) is 0 Å². The monoisotopic (exact) mass is 358 g/mol. The van der Waals surface area contributed by atoms with Crippen LogP contribution in [0, 0.1) is 0 Å². The number of hydrogen-bond donors (Lipinski definition) is 0. The second-order valence-corrected chi connectivity index (χ2v) is 7.41. The number of rotatable bonds is 1. The van der Waals surface area contributed by atoms with Gasteiger partial charge in [-0.2, -0.15) is 0 Å². The van der Waals surface area contributed by atoms with E-state index >= 15 is 0 Å². The zero-order valence-electron chi connectivity index (χ0n) is 14.8. The van der Waals surface area contributed by atoms with Crippen LogP contribution in [-0.4, -0.2) is 18.1 Å². The summed E-state index contributed by atoms with van der Waals surface area (Å²) in [4.78, 5) is 19.7. The molecule has 134 valence electrons. The SMILES string of the molecule is O=c1oc2c3c4c(cc2cc1-c1nc2ccccc2o1)CCCN4CCC3. The van der Waals surface area contributed by atoms with Gasteiger partial charge in [0.1, 0.15) is 16.7 Å². The molecule has 2 aliphatic rings. The Morgan fingerprint density at radius 3 is 2.74 bits per heavy atom. The molecule has 0 atom stereocenters. The molecule has 2 aromatic heterocycles. The Labute approximate surface area is 155 Å². The number of oxazole rings is 1. The minimum atomic E-state index is -0.391. The molecule has 2 aromatic carbocycles. The molecular formula is C22H18N2O3. The number of aryl methyl sites for hydroxylation is 2. The highest BCUT2D eigenvalue weighted by molar-refractivity contribution is 5.90. The minimum absolute atomic E-state index is 0.319. The van der Waals surface area contributed by atoms with E-state index in [4.69, 9.17) is 8.83 Å². The van der Waals surface area contributed by atoms with Gasteiger partial charge >= 0.3 is 5.63 Å². The molecule has 0 unspecified atom stereocenters. The molecule has 0 bridgehead atoms. The van der Waals surface area contributed by atoms with E-state index in [0.29, 0.717) is 17.0 Å². The Kier molecular flexibility index (Phi) is 3.04. The third kappa shape index (κ3) is 2.17. The zero-order chi connectivity index (χ0) is 18.0. The molecule has 0 fully saturated rings. The summed E-state index contributed by atoms with van der Waals surface area (Å²) in [6, 6.07) is 11.6. The van der Waals surface area contributed by atoms with Gasteiger partial charge in [0, 0.05) is 29.7 Å². The van der Waals surface area contributed by atoms with Crippen molar-refractivity contribution in [3.63, 3.8) is 0 Å². The third-order valence-corrected chi connectivity index (χ3v) is 5.74. The van der Waals surface area contributed by atoms with Gasteiger partial charge in [0.2, 0.25) is 5.89 Å². The molecule has 6 rings (SSSR count). The maximum absolute atomic E-state index is 12.8. The van der Waals surface area contributed by atoms with E-state index < -0.39 is 5.63 Å². The number of anilines is 1. The summed E-state index contributed by atoms with van der Waals surface area (Å²) in [6.07, 6.45) is 4.31. The van der Waals surface area contributed by atoms with E-state index in [1.165, 1.54) is 23.2 Å². The molecule has 0 amide bonds. The van der Waals surface area contributed by atoms with Crippen LogP contribution in [0.1, 0.15) is 24.0 Å². The van der Waals surface area contributed by atoms with Crippen molar-refractivity contribution in [1.82, 2.24) is 4.98 Å². The summed E-state index contributed by atoms with van der Waals surface area (Å²) in [7, 11) is 0. The molecule has 4 heterocycles. The fourth-order valence-electron chi connectivity index (χ4n) is 4.58. The predicted molar refractivity (Wildman–Crippen MR) is 104 cm³/mol. The van der Waals surface area contributed by atoms with Crippen molar-refractivity contribution in [2.45, 2.75) is 25.7 Å². The highest BCUT2D eigenvalue weighted by Gasteiger charge is 2.27. The lowest BCUT2D eigenvalue weighted by molar-refractivity contribution is 0.544. The van der Waals surface area contributed by atoms with Crippen LogP contribution < -0.4 is 10.5 Å². The summed E-state index contributed by atoms with van der Waals surface area (Å²) in [5, 5.41) is 0.962. The second-order valence-electron chi connectivity index (χ2n) is 7.41. The molecule has 4 aromatic rings. The van der Waals surface area contributed by atoms with Crippen LogP contribution in [0.5, 0.6) is 0 Å². The van der Waals surface area contributed by atoms with Gasteiger partial charge in [-0.25, -0.2) is 9.78 Å². The van der Waals surface area contributed by atoms with Crippen LogP contribution in [0.2, 0.25) is 0 Å². The quantitative estimate of drug-likeness (QED) is 0.475. The first-order valence-corrected chi connectivity index (χ1v) is 9.51. The Bertz CT molecular complexity index is 1230. The lowest BCUT2D eigenvalue weighted by atomic mass is 9.90. The molecule has 0 radical (unpaired) electrons. The fourth-order valence-corrected chi connectivity index (χ4v) is 4.58. The molecular weight excluding hydrogens is 340 g/mol. The highest BCUT2D eigenvalue weighted by Crippen LogP contribution is 2.40. The normalized spacial score (nSPS) is 16.1. The molecule has 5 nitrogen and oxygen atoms in total. The first-order chi connectivity index (χ1) is 13.3. The van der Waals surface area contributed by atoms with E-state index in [1.54, 1.807) is 0 Å². The first kappa shape index (κ1) is 15.0. The number of para-hydroxylation sites is 2. The Morgan fingerprint density at radius 2 is 1.85 bits per heavy atom. The molecule has 5 heteroatoms. The summed E-state index contributed by atoms with van der Waals surface area (Å²) >= 11 is 0. The van der Waals surface area contributed by atoms with Crippen LogP contribution in [0.25, 0.3) is 33.5 Å². The van der Waals surface area contributed by atoms with Crippen molar-refractivity contribution < 1.29 is 8.83 Å². The van der Waals surface area contributed by atoms with Crippen LogP contribution >= 0.6 is 0 Å². The standard InChI is InChI=1S/C22H18N2O3/c25-22-16(21-23-17-7-1-2-8-18(17)26-21)12-14-11-13-5-3-9-24-10-4-6-15(19(13)24)20(14)27-22/h1-2,7-8,11-12H,3-6,9-10H2. The number of hydrogen-bond acceptors (Lipinski definition) is 5. The average Bonchev–Trinajstić information content (AvgIpc) is 3.12. The first-order valence-electron chi connectivity index (χ1n) is 9.51. The Hall–Kier alpha value is -3.08. The lowest BCUT2D eigenvalue weighted by Gasteiger charge is -2.37. The summed E-state index contributed by atoms with van der Waals surface area (Å²) in [5.74, 6) is 0.319. The molecule has 0 N–H and O–H groups in total. The molecule has 27 heavy (non-hydrogen) atoms. The summed E-state index contributed by atoms with van der Waals surface area (Å²) in [6.45, 7) is 2.19. The molecule has 2 aliphatic heterocycles. The second kappa shape index (κ2) is 5.46. The number of nitrogens with zero attached hydrogens (tertiary/aromatic N) is 2. The number of fused-ring (bicyclic) bond motifs is 3. The van der Waals surface area contributed by atoms with Gasteiger partial charge < -0.3 is 13.7 Å². The van der Waals surface area contributed by atoms with E-state index in [2.05, 4.69) is 16.0 Å². The lowest BCUT2D eigenvalue weighted by Crippen LogP contribution is -2.34. The Morgan fingerprint density at radius 1 is 1.00 bits per heavy atom. The zero-order valence-corrected chi connectivity index (χ0v) is 14.8. The summed E-state index contributed by atoms with van der Waals surface area (Å²) < 4.78 is 11.6. The minimum Gasteiger partial charge on any atom is -0.436 e. The van der Waals surface area contributed by atoms with Gasteiger partial charge in [-0.15, -0.1) is 0 Å². The predicted octanol–water partition coefficient (Wildman–Crippen LogP) is 4.30. The van der Waals surface area contributed by atoms with Crippen LogP contribution in [-0.2, 0) is 12.8 Å². The van der Waals surface area contributed by atoms with Crippen LogP contribution in [0.15, 0.2) is 50.0 Å². The van der Waals surface area contributed by atoms with Crippen LogP contribution in [0.3, 0.4) is 0 Å². The van der Waals surface area contributed by atoms with E-state index in [0.717, 1.165) is 48.8 Å². The van der Waals surface area contributed by atoms with Crippen molar-refractivity contribution in [2.75, 3.05) is 18.0 Å². The molecule has 0 saturated heterocycles. The van der Waals surface area contributed by atoms with Gasteiger partial charge in [0.05, 0.1) is 0 Å². The smallest absolute Gasteiger partial charge is 0.349 e. The summed E-state index contributed by atoms with van der Waals surface area (Å²) in [5.41, 5.74) is 5.98. The highest BCUT2D eigenvalue weighted by atomic mass is 16.4. The van der Waals surface area contributed by atoms with E-state index in [1.807, 2.05) is 30.3 Å². The van der Waals surface area contributed by atoms with Crippen LogP contribution in [0.4, 0.5) is 5.69 Å². The van der Waals surface area contributed by atoms with Gasteiger partial charge in [-0.3, -0.25) is 0 Å². The fraction of sp³-hybridized carbons (Fsp3) is 0.273. The number of aromatic nitrogens is 1. The van der Waals surface area contributed by atoms with Gasteiger partial charge in [0.15, 0.2) is 5.58 Å². The average molecular weight is 358 g/mol. The molecule has 0 spiro atoms. The van der Waals surface area contributed by atoms with E-state index in [9.17, 15) is 4.79 Å². The largest absolute Gasteiger partial charge is 0.436 e. The van der Waals surface area contributed by atoms with Crippen molar-refractivity contribution >= 4 is 27.8 Å². The molecule has 0 saturated carbocycles.